The molecule has 0 saturated carbocycles. The van der Waals surface area contributed by atoms with Crippen molar-refractivity contribution < 1.29 is 24.1 Å². The van der Waals surface area contributed by atoms with Crippen molar-refractivity contribution in [1.82, 2.24) is 0 Å². The predicted molar refractivity (Wildman–Crippen MR) is 85.7 cm³/mol. The summed E-state index contributed by atoms with van der Waals surface area (Å²) in [6.45, 7) is 2.52. The van der Waals surface area contributed by atoms with Crippen LogP contribution in [-0.2, 0) is 0 Å². The van der Waals surface area contributed by atoms with Crippen molar-refractivity contribution in [1.29, 1.82) is 0 Å². The van der Waals surface area contributed by atoms with Gasteiger partial charge in [-0.25, -0.2) is 0 Å². The summed E-state index contributed by atoms with van der Waals surface area (Å²) in [4.78, 5) is 0. The molecule has 0 amide bonds. The highest BCUT2D eigenvalue weighted by atomic mass is 16.7. The van der Waals surface area contributed by atoms with Gasteiger partial charge in [-0.05, 0) is 23.8 Å². The van der Waals surface area contributed by atoms with Gasteiger partial charge in [-0.1, -0.05) is 19.1 Å². The standard InChI is InChI=1S/C18H20O5/c1-12(13-3-5-14(20-2)6-4-13)15-9-17-18(23-11-22-17)10-16(15)21-8-7-19/h3-6,9-10,12,19H,7-8,11H2,1-2H3/t12-/m1/s1. The third kappa shape index (κ3) is 3.19. The van der Waals surface area contributed by atoms with Gasteiger partial charge in [0.2, 0.25) is 6.79 Å². The van der Waals surface area contributed by atoms with Crippen molar-refractivity contribution in [3.63, 3.8) is 0 Å². The maximum Gasteiger partial charge on any atom is 0.231 e. The van der Waals surface area contributed by atoms with E-state index in [4.69, 9.17) is 24.1 Å². The number of rotatable bonds is 6. The van der Waals surface area contributed by atoms with Gasteiger partial charge in [0.15, 0.2) is 11.5 Å². The minimum atomic E-state index is -0.0369. The SMILES string of the molecule is COc1ccc([C@@H](C)c2cc3c(cc2OCCO)OCO3)cc1. The molecular formula is C18H20O5. The van der Waals surface area contributed by atoms with Crippen LogP contribution in [0.5, 0.6) is 23.0 Å². The molecule has 5 heteroatoms. The molecule has 1 aliphatic rings. The highest BCUT2D eigenvalue weighted by Crippen LogP contribution is 2.42. The Morgan fingerprint density at radius 3 is 2.48 bits per heavy atom. The van der Waals surface area contributed by atoms with E-state index in [1.54, 1.807) is 7.11 Å². The monoisotopic (exact) mass is 316 g/mol. The van der Waals surface area contributed by atoms with Crippen LogP contribution in [0.2, 0.25) is 0 Å². The molecular weight excluding hydrogens is 296 g/mol. The first-order valence-corrected chi connectivity index (χ1v) is 7.54. The second-order valence-electron chi connectivity index (χ2n) is 5.31. The molecule has 0 spiro atoms. The molecule has 0 saturated heterocycles. The lowest BCUT2D eigenvalue weighted by Crippen LogP contribution is -2.06. The first kappa shape index (κ1) is 15.5. The van der Waals surface area contributed by atoms with Crippen molar-refractivity contribution in [2.24, 2.45) is 0 Å². The normalized spacial score (nSPS) is 13.7. The van der Waals surface area contributed by atoms with Crippen molar-refractivity contribution in [2.75, 3.05) is 27.1 Å². The molecule has 1 aliphatic heterocycles. The molecule has 122 valence electrons. The van der Waals surface area contributed by atoms with Crippen LogP contribution in [-0.4, -0.2) is 32.2 Å². The molecule has 1 heterocycles. The van der Waals surface area contributed by atoms with Crippen molar-refractivity contribution in [2.45, 2.75) is 12.8 Å². The number of hydrogen-bond donors (Lipinski definition) is 1. The van der Waals surface area contributed by atoms with Gasteiger partial charge in [0.1, 0.15) is 18.1 Å². The van der Waals surface area contributed by atoms with Crippen LogP contribution >= 0.6 is 0 Å². The third-order valence-corrected chi connectivity index (χ3v) is 3.94. The summed E-state index contributed by atoms with van der Waals surface area (Å²) >= 11 is 0. The fourth-order valence-electron chi connectivity index (χ4n) is 2.63. The zero-order valence-corrected chi connectivity index (χ0v) is 13.2. The Hall–Kier alpha value is -2.40. The number of ether oxygens (including phenoxy) is 4. The van der Waals surface area contributed by atoms with E-state index < -0.39 is 0 Å². The van der Waals surface area contributed by atoms with Crippen LogP contribution < -0.4 is 18.9 Å². The summed E-state index contributed by atoms with van der Waals surface area (Å²) in [6, 6.07) is 11.7. The quantitative estimate of drug-likeness (QED) is 0.888. The first-order chi connectivity index (χ1) is 11.2. The smallest absolute Gasteiger partial charge is 0.231 e. The van der Waals surface area contributed by atoms with Gasteiger partial charge in [-0.15, -0.1) is 0 Å². The van der Waals surface area contributed by atoms with Crippen molar-refractivity contribution >= 4 is 0 Å². The lowest BCUT2D eigenvalue weighted by atomic mass is 9.92. The Bertz CT molecular complexity index is 666. The van der Waals surface area contributed by atoms with Gasteiger partial charge >= 0.3 is 0 Å². The number of hydrogen-bond acceptors (Lipinski definition) is 5. The van der Waals surface area contributed by atoms with E-state index in [0.29, 0.717) is 11.5 Å². The minimum absolute atomic E-state index is 0.0369. The van der Waals surface area contributed by atoms with E-state index in [9.17, 15) is 0 Å². The van der Waals surface area contributed by atoms with Crippen molar-refractivity contribution in [3.8, 4) is 23.0 Å². The fraction of sp³-hybridized carbons (Fsp3) is 0.333. The predicted octanol–water partition coefficient (Wildman–Crippen LogP) is 2.95. The molecule has 23 heavy (non-hydrogen) atoms. The summed E-state index contributed by atoms with van der Waals surface area (Å²) in [5.74, 6) is 3.01. The van der Waals surface area contributed by atoms with Gasteiger partial charge < -0.3 is 24.1 Å². The van der Waals surface area contributed by atoms with E-state index in [1.807, 2.05) is 36.4 Å². The summed E-state index contributed by atoms with van der Waals surface area (Å²) in [5, 5.41) is 9.03. The van der Waals surface area contributed by atoms with Gasteiger partial charge in [-0.3, -0.25) is 0 Å². The maximum atomic E-state index is 9.03. The Labute approximate surface area is 135 Å². The molecule has 2 aromatic rings. The molecule has 0 unspecified atom stereocenters. The molecule has 2 aromatic carbocycles. The Balaban J connectivity index is 1.95. The van der Waals surface area contributed by atoms with E-state index >= 15 is 0 Å². The summed E-state index contributed by atoms with van der Waals surface area (Å²) in [6.07, 6.45) is 0. The summed E-state index contributed by atoms with van der Waals surface area (Å²) in [5.41, 5.74) is 2.13. The molecule has 0 aliphatic carbocycles. The van der Waals surface area contributed by atoms with Crippen LogP contribution in [0.4, 0.5) is 0 Å². The molecule has 0 aromatic heterocycles. The Morgan fingerprint density at radius 2 is 1.83 bits per heavy atom. The first-order valence-electron chi connectivity index (χ1n) is 7.54. The van der Waals surface area contributed by atoms with Crippen LogP contribution in [0, 0.1) is 0 Å². The molecule has 5 nitrogen and oxygen atoms in total. The van der Waals surface area contributed by atoms with Crippen molar-refractivity contribution in [3.05, 3.63) is 47.5 Å². The highest BCUT2D eigenvalue weighted by molar-refractivity contribution is 5.54. The summed E-state index contributed by atoms with van der Waals surface area (Å²) in [7, 11) is 1.65. The number of aliphatic hydroxyl groups excluding tert-OH is 1. The highest BCUT2D eigenvalue weighted by Gasteiger charge is 2.22. The third-order valence-electron chi connectivity index (χ3n) is 3.94. The van der Waals surface area contributed by atoms with Gasteiger partial charge in [-0.2, -0.15) is 0 Å². The molecule has 0 fully saturated rings. The van der Waals surface area contributed by atoms with E-state index in [-0.39, 0.29) is 25.9 Å². The minimum Gasteiger partial charge on any atom is -0.497 e. The lowest BCUT2D eigenvalue weighted by molar-refractivity contribution is 0.173. The van der Waals surface area contributed by atoms with E-state index in [1.165, 1.54) is 0 Å². The Morgan fingerprint density at radius 1 is 1.13 bits per heavy atom. The largest absolute Gasteiger partial charge is 0.497 e. The number of benzene rings is 2. The summed E-state index contributed by atoms with van der Waals surface area (Å²) < 4.78 is 21.8. The van der Waals surface area contributed by atoms with Gasteiger partial charge in [0.05, 0.1) is 13.7 Å². The molecule has 3 rings (SSSR count). The van der Waals surface area contributed by atoms with Crippen LogP contribution in [0.3, 0.4) is 0 Å². The average molecular weight is 316 g/mol. The van der Waals surface area contributed by atoms with Crippen LogP contribution in [0.1, 0.15) is 24.0 Å². The number of methoxy groups -OCH3 is 1. The molecule has 1 N–H and O–H groups in total. The zero-order valence-electron chi connectivity index (χ0n) is 13.2. The maximum absolute atomic E-state index is 9.03. The lowest BCUT2D eigenvalue weighted by Gasteiger charge is -2.18. The van der Waals surface area contributed by atoms with Gasteiger partial charge in [0.25, 0.3) is 0 Å². The van der Waals surface area contributed by atoms with E-state index in [0.717, 1.165) is 22.6 Å². The fourth-order valence-corrected chi connectivity index (χ4v) is 2.63. The second kappa shape index (κ2) is 6.79. The average Bonchev–Trinajstić information content (AvgIpc) is 3.06. The Kier molecular flexibility index (Phi) is 4.57. The number of fused-ring (bicyclic) bond motifs is 1. The molecule has 0 bridgehead atoms. The number of aliphatic hydroxyl groups is 1. The second-order valence-corrected chi connectivity index (χ2v) is 5.31. The zero-order chi connectivity index (χ0) is 16.2. The van der Waals surface area contributed by atoms with E-state index in [2.05, 4.69) is 6.92 Å². The molecule has 1 atom stereocenters. The van der Waals surface area contributed by atoms with Crippen LogP contribution in [0.25, 0.3) is 0 Å². The topological polar surface area (TPSA) is 57.2 Å². The molecule has 0 radical (unpaired) electrons. The van der Waals surface area contributed by atoms with Crippen LogP contribution in [0.15, 0.2) is 36.4 Å². The van der Waals surface area contributed by atoms with Gasteiger partial charge in [0, 0.05) is 17.5 Å².